The molecule has 0 aromatic carbocycles. The molecule has 6 heteroatoms. The molecule has 1 aromatic rings. The lowest BCUT2D eigenvalue weighted by Crippen LogP contribution is -1.98. The molecule has 4 nitrogen and oxygen atoms in total. The Hall–Kier alpha value is -0.680. The Balaban J connectivity index is 3.53. The molecule has 1 rings (SSSR count). The summed E-state index contributed by atoms with van der Waals surface area (Å²) in [6.45, 7) is 3.29. The van der Waals surface area contributed by atoms with E-state index >= 15 is 0 Å². The lowest BCUT2D eigenvalue weighted by molar-refractivity contribution is -0.385. The second-order valence-electron chi connectivity index (χ2n) is 2.52. The van der Waals surface area contributed by atoms with Crippen LogP contribution in [0.25, 0.3) is 0 Å². The first-order valence-corrected chi connectivity index (χ1v) is 4.58. The van der Waals surface area contributed by atoms with Gasteiger partial charge in [-0.05, 0) is 29.8 Å². The van der Waals surface area contributed by atoms with Crippen molar-refractivity contribution in [3.05, 3.63) is 31.0 Å². The standard InChI is InChI=1S/C7H6BrClN2O2/c1-3-5(8)6(9)7(11(12)13)4(2)10-3/h1-2H3. The summed E-state index contributed by atoms with van der Waals surface area (Å²) in [5.41, 5.74) is 0.836. The fraction of sp³-hybridized carbons (Fsp3) is 0.286. The molecule has 0 amide bonds. The predicted octanol–water partition coefficient (Wildman–Crippen LogP) is 3.02. The first-order valence-electron chi connectivity index (χ1n) is 3.41. The topological polar surface area (TPSA) is 56.0 Å². The Bertz CT molecular complexity index is 381. The van der Waals surface area contributed by atoms with Crippen LogP contribution in [0.4, 0.5) is 5.69 Å². The van der Waals surface area contributed by atoms with E-state index in [0.29, 0.717) is 15.9 Å². The van der Waals surface area contributed by atoms with Crippen LogP contribution in [-0.2, 0) is 0 Å². The molecule has 0 aliphatic rings. The number of nitrogens with zero attached hydrogens (tertiary/aromatic N) is 2. The number of pyridine rings is 1. The molecular weight excluding hydrogens is 259 g/mol. The molecule has 0 atom stereocenters. The second kappa shape index (κ2) is 3.59. The Labute approximate surface area is 88.2 Å². The molecular formula is C7H6BrClN2O2. The van der Waals surface area contributed by atoms with Gasteiger partial charge in [-0.2, -0.15) is 0 Å². The lowest BCUT2D eigenvalue weighted by Gasteiger charge is -2.03. The van der Waals surface area contributed by atoms with Gasteiger partial charge in [0.25, 0.3) is 0 Å². The molecule has 0 fully saturated rings. The number of rotatable bonds is 1. The molecule has 0 aliphatic heterocycles. The molecule has 0 spiro atoms. The van der Waals surface area contributed by atoms with Gasteiger partial charge < -0.3 is 0 Å². The minimum Gasteiger partial charge on any atom is -0.258 e. The average molecular weight is 265 g/mol. The van der Waals surface area contributed by atoms with Crippen LogP contribution >= 0.6 is 27.5 Å². The minimum absolute atomic E-state index is 0.106. The third-order valence-corrected chi connectivity index (χ3v) is 3.15. The van der Waals surface area contributed by atoms with Crippen LogP contribution in [0.2, 0.25) is 5.02 Å². The molecule has 0 aliphatic carbocycles. The predicted molar refractivity (Wildman–Crippen MR) is 53.1 cm³/mol. The van der Waals surface area contributed by atoms with Crippen LogP contribution in [0.3, 0.4) is 0 Å². The summed E-state index contributed by atoms with van der Waals surface area (Å²) in [5.74, 6) is 0. The highest BCUT2D eigenvalue weighted by molar-refractivity contribution is 9.10. The highest BCUT2D eigenvalue weighted by Crippen LogP contribution is 2.35. The third-order valence-electron chi connectivity index (χ3n) is 1.58. The fourth-order valence-corrected chi connectivity index (χ4v) is 1.61. The smallest absolute Gasteiger partial charge is 0.258 e. The highest BCUT2D eigenvalue weighted by atomic mass is 79.9. The summed E-state index contributed by atoms with van der Waals surface area (Å²) in [4.78, 5) is 14.0. The van der Waals surface area contributed by atoms with Crippen molar-refractivity contribution in [2.75, 3.05) is 0 Å². The van der Waals surface area contributed by atoms with Crippen molar-refractivity contribution < 1.29 is 4.92 Å². The first kappa shape index (κ1) is 10.4. The van der Waals surface area contributed by atoms with Crippen LogP contribution in [0.5, 0.6) is 0 Å². The Morgan fingerprint density at radius 2 is 2.00 bits per heavy atom. The van der Waals surface area contributed by atoms with Gasteiger partial charge in [-0.1, -0.05) is 11.6 Å². The number of aryl methyl sites for hydroxylation is 2. The molecule has 1 heterocycles. The second-order valence-corrected chi connectivity index (χ2v) is 3.69. The van der Waals surface area contributed by atoms with Gasteiger partial charge in [0.2, 0.25) is 0 Å². The van der Waals surface area contributed by atoms with Crippen LogP contribution in [0.1, 0.15) is 11.4 Å². The SMILES string of the molecule is Cc1nc(C)c([N+](=O)[O-])c(Cl)c1Br. The Morgan fingerprint density at radius 1 is 1.46 bits per heavy atom. The minimum atomic E-state index is -0.533. The van der Waals surface area contributed by atoms with E-state index in [9.17, 15) is 10.1 Å². The molecule has 70 valence electrons. The summed E-state index contributed by atoms with van der Waals surface area (Å²) in [7, 11) is 0. The number of hydrogen-bond donors (Lipinski definition) is 0. The van der Waals surface area contributed by atoms with Crippen molar-refractivity contribution in [1.82, 2.24) is 4.98 Å². The van der Waals surface area contributed by atoms with E-state index in [1.807, 2.05) is 0 Å². The molecule has 0 radical (unpaired) electrons. The molecule has 0 bridgehead atoms. The van der Waals surface area contributed by atoms with E-state index in [1.54, 1.807) is 13.8 Å². The maximum Gasteiger partial charge on any atom is 0.310 e. The normalized spacial score (nSPS) is 10.2. The van der Waals surface area contributed by atoms with Crippen LogP contribution < -0.4 is 0 Å². The molecule has 1 aromatic heterocycles. The zero-order chi connectivity index (χ0) is 10.2. The van der Waals surface area contributed by atoms with Gasteiger partial charge in [0.15, 0.2) is 0 Å². The summed E-state index contributed by atoms with van der Waals surface area (Å²) in [6.07, 6.45) is 0. The first-order chi connectivity index (χ1) is 5.95. The number of halogens is 2. The Kier molecular flexibility index (Phi) is 2.87. The van der Waals surface area contributed by atoms with Crippen LogP contribution in [0.15, 0.2) is 4.47 Å². The van der Waals surface area contributed by atoms with Crippen molar-refractivity contribution in [1.29, 1.82) is 0 Å². The molecule has 0 N–H and O–H groups in total. The van der Waals surface area contributed by atoms with Crippen molar-refractivity contribution >= 4 is 33.2 Å². The number of aromatic nitrogens is 1. The summed E-state index contributed by atoms with van der Waals surface area (Å²) in [5, 5.41) is 10.7. The van der Waals surface area contributed by atoms with Crippen molar-refractivity contribution in [3.8, 4) is 0 Å². The van der Waals surface area contributed by atoms with E-state index in [2.05, 4.69) is 20.9 Å². The average Bonchev–Trinajstić information content (AvgIpc) is 1.99. The summed E-state index contributed by atoms with van der Waals surface area (Å²) in [6, 6.07) is 0. The van der Waals surface area contributed by atoms with Crippen LogP contribution in [-0.4, -0.2) is 9.91 Å². The summed E-state index contributed by atoms with van der Waals surface area (Å²) >= 11 is 8.90. The summed E-state index contributed by atoms with van der Waals surface area (Å²) < 4.78 is 0.478. The maximum absolute atomic E-state index is 10.6. The van der Waals surface area contributed by atoms with Gasteiger partial charge in [0, 0.05) is 0 Å². The zero-order valence-electron chi connectivity index (χ0n) is 6.97. The number of nitro groups is 1. The Morgan fingerprint density at radius 3 is 2.46 bits per heavy atom. The highest BCUT2D eigenvalue weighted by Gasteiger charge is 2.21. The van der Waals surface area contributed by atoms with Gasteiger partial charge in [-0.3, -0.25) is 10.1 Å². The van der Waals surface area contributed by atoms with E-state index in [-0.39, 0.29) is 10.7 Å². The van der Waals surface area contributed by atoms with Crippen LogP contribution in [0, 0.1) is 24.0 Å². The monoisotopic (exact) mass is 264 g/mol. The van der Waals surface area contributed by atoms with Crippen molar-refractivity contribution in [2.45, 2.75) is 13.8 Å². The fourth-order valence-electron chi connectivity index (χ4n) is 0.987. The molecule has 0 saturated carbocycles. The van der Waals surface area contributed by atoms with Gasteiger partial charge >= 0.3 is 5.69 Å². The lowest BCUT2D eigenvalue weighted by atomic mass is 10.3. The maximum atomic E-state index is 10.6. The van der Waals surface area contributed by atoms with Gasteiger partial charge in [-0.15, -0.1) is 0 Å². The van der Waals surface area contributed by atoms with E-state index in [4.69, 9.17) is 11.6 Å². The van der Waals surface area contributed by atoms with Gasteiger partial charge in [-0.25, -0.2) is 4.98 Å². The van der Waals surface area contributed by atoms with Crippen molar-refractivity contribution in [2.24, 2.45) is 0 Å². The molecule has 13 heavy (non-hydrogen) atoms. The van der Waals surface area contributed by atoms with E-state index in [0.717, 1.165) is 0 Å². The van der Waals surface area contributed by atoms with E-state index < -0.39 is 4.92 Å². The largest absolute Gasteiger partial charge is 0.310 e. The number of hydrogen-bond acceptors (Lipinski definition) is 3. The molecule has 0 saturated heterocycles. The van der Waals surface area contributed by atoms with Gasteiger partial charge in [0.1, 0.15) is 10.7 Å². The van der Waals surface area contributed by atoms with Gasteiger partial charge in [0.05, 0.1) is 15.1 Å². The quantitative estimate of drug-likeness (QED) is 0.579. The zero-order valence-corrected chi connectivity index (χ0v) is 9.31. The molecule has 0 unspecified atom stereocenters. The van der Waals surface area contributed by atoms with E-state index in [1.165, 1.54) is 0 Å². The third kappa shape index (κ3) is 1.81. The van der Waals surface area contributed by atoms with Crippen molar-refractivity contribution in [3.63, 3.8) is 0 Å².